The van der Waals surface area contributed by atoms with E-state index in [1.807, 2.05) is 51.5 Å². The van der Waals surface area contributed by atoms with Gasteiger partial charge in [0.25, 0.3) is 0 Å². The fourth-order valence-electron chi connectivity index (χ4n) is 3.66. The Kier molecular flexibility index (Phi) is 13.7. The molecule has 1 heterocycles. The van der Waals surface area contributed by atoms with E-state index in [4.69, 9.17) is 9.47 Å². The number of hydrogen-bond donors (Lipinski definition) is 2. The number of aldehydes is 1. The van der Waals surface area contributed by atoms with Crippen LogP contribution in [0.3, 0.4) is 0 Å². The molecule has 3 aromatic carbocycles. The van der Waals surface area contributed by atoms with E-state index in [2.05, 4.69) is 27.8 Å². The number of ketones is 1. The Morgan fingerprint density at radius 1 is 0.929 bits per heavy atom. The van der Waals surface area contributed by atoms with Crippen LogP contribution in [-0.2, 0) is 9.53 Å². The summed E-state index contributed by atoms with van der Waals surface area (Å²) in [5.74, 6) is -0.0951. The summed E-state index contributed by atoms with van der Waals surface area (Å²) in [6, 6.07) is 24.0. The minimum absolute atomic E-state index is 0.0688. The molecule has 0 saturated carbocycles. The van der Waals surface area contributed by atoms with Gasteiger partial charge in [-0.1, -0.05) is 62.4 Å². The fourth-order valence-corrected chi connectivity index (χ4v) is 3.66. The number of rotatable bonds is 9. The second-order valence-electron chi connectivity index (χ2n) is 9.96. The summed E-state index contributed by atoms with van der Waals surface area (Å²) in [5.41, 5.74) is 1.85. The van der Waals surface area contributed by atoms with Crippen molar-refractivity contribution < 1.29 is 23.9 Å². The van der Waals surface area contributed by atoms with Crippen molar-refractivity contribution in [1.29, 1.82) is 0 Å². The van der Waals surface area contributed by atoms with Crippen LogP contribution < -0.4 is 15.4 Å². The lowest BCUT2D eigenvalue weighted by Crippen LogP contribution is -2.35. The van der Waals surface area contributed by atoms with E-state index in [0.29, 0.717) is 11.3 Å². The van der Waals surface area contributed by atoms with Crippen molar-refractivity contribution in [3.05, 3.63) is 102 Å². The average Bonchev–Trinajstić information content (AvgIpc) is 3.01. The van der Waals surface area contributed by atoms with Gasteiger partial charge in [-0.2, -0.15) is 0 Å². The van der Waals surface area contributed by atoms with Gasteiger partial charge in [-0.25, -0.2) is 4.79 Å². The van der Waals surface area contributed by atoms with Gasteiger partial charge in [-0.15, -0.1) is 0 Å². The molecule has 1 atom stereocenters. The molecule has 0 radical (unpaired) electrons. The minimum Gasteiger partial charge on any atom is -0.485 e. The highest BCUT2D eigenvalue weighted by molar-refractivity contribution is 5.97. The molecule has 0 saturated heterocycles. The molecule has 0 aliphatic heterocycles. The number of carbonyl (C=O) groups excluding carboxylic acids is 3. The highest BCUT2D eigenvalue weighted by Crippen LogP contribution is 2.19. The molecule has 2 N–H and O–H groups in total. The lowest BCUT2D eigenvalue weighted by molar-refractivity contribution is -0.109. The first-order valence-corrected chi connectivity index (χ1v) is 13.9. The largest absolute Gasteiger partial charge is 0.485 e. The molecule has 0 bridgehead atoms. The zero-order valence-corrected chi connectivity index (χ0v) is 25.2. The molecule has 0 fully saturated rings. The Labute approximate surface area is 248 Å². The topological polar surface area (TPSA) is 107 Å². The molecule has 0 aliphatic rings. The molecular formula is C34H41N3O5. The van der Waals surface area contributed by atoms with Crippen molar-refractivity contribution in [2.75, 3.05) is 25.5 Å². The summed E-state index contributed by atoms with van der Waals surface area (Å²) in [6.07, 6.45) is 3.88. The number of amides is 1. The Bertz CT molecular complexity index is 1400. The number of Topliss-reactive ketones (excluding diaryl/α,β-unsaturated/α-hetero) is 1. The second kappa shape index (κ2) is 17.2. The Morgan fingerprint density at radius 2 is 1.62 bits per heavy atom. The first-order chi connectivity index (χ1) is 20.2. The van der Waals surface area contributed by atoms with E-state index in [1.54, 1.807) is 69.3 Å². The predicted octanol–water partition coefficient (Wildman–Crippen LogP) is 7.06. The summed E-state index contributed by atoms with van der Waals surface area (Å²) in [6.45, 7) is 9.37. The third kappa shape index (κ3) is 11.4. The first kappa shape index (κ1) is 33.5. The SMILES string of the molecule is CC.CC(C)(C)OC(=O)NCC(C=O)c1ccc(OCC(=O)c2ccccc2)cc1.CNc1ccc2cnccc2c1. The van der Waals surface area contributed by atoms with Crippen molar-refractivity contribution in [3.8, 4) is 5.75 Å². The number of aromatic nitrogens is 1. The molecule has 1 unspecified atom stereocenters. The van der Waals surface area contributed by atoms with Gasteiger partial charge >= 0.3 is 6.09 Å². The van der Waals surface area contributed by atoms with Crippen LogP contribution >= 0.6 is 0 Å². The Balaban J connectivity index is 0.000000363. The van der Waals surface area contributed by atoms with Crippen molar-refractivity contribution >= 4 is 34.6 Å². The molecule has 42 heavy (non-hydrogen) atoms. The van der Waals surface area contributed by atoms with E-state index in [-0.39, 0.29) is 18.9 Å². The third-order valence-corrected chi connectivity index (χ3v) is 5.73. The van der Waals surface area contributed by atoms with Crippen molar-refractivity contribution in [2.24, 2.45) is 0 Å². The van der Waals surface area contributed by atoms with Gasteiger partial charge in [0.15, 0.2) is 12.4 Å². The van der Waals surface area contributed by atoms with E-state index in [0.717, 1.165) is 17.5 Å². The van der Waals surface area contributed by atoms with Crippen molar-refractivity contribution in [2.45, 2.75) is 46.1 Å². The van der Waals surface area contributed by atoms with Gasteiger partial charge in [0.2, 0.25) is 0 Å². The summed E-state index contributed by atoms with van der Waals surface area (Å²) in [5, 5.41) is 8.09. The maximum absolute atomic E-state index is 12.1. The van der Waals surface area contributed by atoms with Gasteiger partial charge in [-0.05, 0) is 62.1 Å². The smallest absolute Gasteiger partial charge is 0.407 e. The zero-order valence-electron chi connectivity index (χ0n) is 25.2. The number of alkyl carbamates (subject to hydrolysis) is 1. The van der Waals surface area contributed by atoms with E-state index in [1.165, 1.54) is 10.8 Å². The maximum Gasteiger partial charge on any atom is 0.407 e. The summed E-state index contributed by atoms with van der Waals surface area (Å²) < 4.78 is 10.7. The number of fused-ring (bicyclic) bond motifs is 1. The van der Waals surface area contributed by atoms with Crippen LogP contribution in [0.25, 0.3) is 10.8 Å². The van der Waals surface area contributed by atoms with Crippen LogP contribution in [0.2, 0.25) is 0 Å². The number of benzene rings is 3. The Morgan fingerprint density at radius 3 is 2.24 bits per heavy atom. The summed E-state index contributed by atoms with van der Waals surface area (Å²) in [7, 11) is 1.92. The number of pyridine rings is 1. The number of nitrogens with one attached hydrogen (secondary N) is 2. The highest BCUT2D eigenvalue weighted by Gasteiger charge is 2.18. The van der Waals surface area contributed by atoms with Crippen molar-refractivity contribution in [3.63, 3.8) is 0 Å². The summed E-state index contributed by atoms with van der Waals surface area (Å²) >= 11 is 0. The van der Waals surface area contributed by atoms with Gasteiger partial charge in [0, 0.05) is 42.6 Å². The van der Waals surface area contributed by atoms with Crippen LogP contribution in [0.5, 0.6) is 5.75 Å². The molecule has 0 aliphatic carbocycles. The zero-order chi connectivity index (χ0) is 31.0. The molecule has 1 amide bonds. The van der Waals surface area contributed by atoms with Crippen LogP contribution in [0, 0.1) is 0 Å². The molecule has 222 valence electrons. The molecule has 8 nitrogen and oxygen atoms in total. The van der Waals surface area contributed by atoms with Crippen LogP contribution in [0.1, 0.15) is 56.5 Å². The average molecular weight is 572 g/mol. The molecule has 1 aromatic heterocycles. The Hall–Kier alpha value is -4.72. The molecule has 8 heteroatoms. The van der Waals surface area contributed by atoms with Crippen LogP contribution in [0.4, 0.5) is 10.5 Å². The lowest BCUT2D eigenvalue weighted by atomic mass is 10.0. The molecular weight excluding hydrogens is 530 g/mol. The predicted molar refractivity (Wildman–Crippen MR) is 168 cm³/mol. The monoisotopic (exact) mass is 571 g/mol. The van der Waals surface area contributed by atoms with Gasteiger partial charge < -0.3 is 24.9 Å². The molecule has 4 rings (SSSR count). The van der Waals surface area contributed by atoms with E-state index >= 15 is 0 Å². The third-order valence-electron chi connectivity index (χ3n) is 5.73. The maximum atomic E-state index is 12.1. The minimum atomic E-state index is -0.600. The molecule has 0 spiro atoms. The lowest BCUT2D eigenvalue weighted by Gasteiger charge is -2.20. The van der Waals surface area contributed by atoms with Gasteiger partial charge in [0.05, 0.1) is 5.92 Å². The standard InChI is InChI=1S/C22H25NO5.C10H10N2.C2H6/c1-22(2,3)28-21(26)23-13-18(14-24)16-9-11-19(12-10-16)27-15-20(25)17-7-5-4-6-8-17;1-11-10-3-2-9-7-12-5-4-8(9)6-10;1-2/h4-12,14,18H,13,15H2,1-3H3,(H,23,26);2-7,11H,1H3;1-2H3. The number of carbonyl (C=O) groups is 3. The van der Waals surface area contributed by atoms with Crippen molar-refractivity contribution in [1.82, 2.24) is 10.3 Å². The highest BCUT2D eigenvalue weighted by atomic mass is 16.6. The van der Waals surface area contributed by atoms with E-state index in [9.17, 15) is 14.4 Å². The number of hydrogen-bond acceptors (Lipinski definition) is 7. The number of ether oxygens (including phenoxy) is 2. The summed E-state index contributed by atoms with van der Waals surface area (Å²) in [4.78, 5) is 39.2. The fraction of sp³-hybridized carbons (Fsp3) is 0.294. The molecule has 4 aromatic rings. The van der Waals surface area contributed by atoms with Gasteiger partial charge in [-0.3, -0.25) is 9.78 Å². The normalized spacial score (nSPS) is 11.0. The van der Waals surface area contributed by atoms with Crippen LogP contribution in [0.15, 0.2) is 91.3 Å². The number of anilines is 1. The van der Waals surface area contributed by atoms with Crippen LogP contribution in [-0.4, -0.2) is 48.9 Å². The second-order valence-corrected chi connectivity index (χ2v) is 9.96. The quantitative estimate of drug-likeness (QED) is 0.164. The first-order valence-electron chi connectivity index (χ1n) is 13.9. The van der Waals surface area contributed by atoms with Gasteiger partial charge in [0.1, 0.15) is 17.6 Å². The van der Waals surface area contributed by atoms with E-state index < -0.39 is 17.6 Å². The number of nitrogens with zero attached hydrogens (tertiary/aromatic N) is 1.